The fourth-order valence-corrected chi connectivity index (χ4v) is 5.97. The lowest BCUT2D eigenvalue weighted by molar-refractivity contribution is 0.447. The van der Waals surface area contributed by atoms with Crippen LogP contribution in [0.15, 0.2) is 24.3 Å². The predicted octanol–water partition coefficient (Wildman–Crippen LogP) is 9.54. The van der Waals surface area contributed by atoms with E-state index in [0.29, 0.717) is 11.8 Å². The van der Waals surface area contributed by atoms with Crippen molar-refractivity contribution in [3.63, 3.8) is 0 Å². The Labute approximate surface area is 210 Å². The van der Waals surface area contributed by atoms with Gasteiger partial charge in [-0.3, -0.25) is 0 Å². The van der Waals surface area contributed by atoms with Gasteiger partial charge in [0.05, 0.1) is 0 Å². The first-order valence-electron chi connectivity index (χ1n) is 13.0. The molecule has 0 saturated carbocycles. The third-order valence-electron chi connectivity index (χ3n) is 6.63. The van der Waals surface area contributed by atoms with Crippen LogP contribution in [0.25, 0.3) is 0 Å². The first-order chi connectivity index (χ1) is 15.6. The molecule has 2 nitrogen and oxygen atoms in total. The Morgan fingerprint density at radius 2 is 1.06 bits per heavy atom. The maximum Gasteiger partial charge on any atom is 0.287 e. The molecule has 3 heteroatoms. The summed E-state index contributed by atoms with van der Waals surface area (Å²) < 4.78 is 13.4. The van der Waals surface area contributed by atoms with E-state index in [9.17, 15) is 0 Å². The third-order valence-corrected chi connectivity index (χ3v) is 7.51. The van der Waals surface area contributed by atoms with Crippen LogP contribution >= 0.6 is 8.38 Å². The summed E-state index contributed by atoms with van der Waals surface area (Å²) in [5, 5.41) is 0. The maximum atomic E-state index is 6.69. The SMILES string of the molecule is CC(C)Cc1cc2c(c(C(C)(C)C)c1)OP(C)Oc1c(cc(CC(C)C)cc1C(C)(C)C)C2C. The molecule has 0 unspecified atom stereocenters. The van der Waals surface area contributed by atoms with Crippen LogP contribution in [-0.2, 0) is 23.7 Å². The van der Waals surface area contributed by atoms with Crippen molar-refractivity contribution in [2.45, 2.75) is 106 Å². The Balaban J connectivity index is 2.34. The molecule has 1 aliphatic rings. The Morgan fingerprint density at radius 1 is 0.706 bits per heavy atom. The van der Waals surface area contributed by atoms with Gasteiger partial charge >= 0.3 is 0 Å². The van der Waals surface area contributed by atoms with Crippen molar-refractivity contribution in [3.8, 4) is 11.5 Å². The summed E-state index contributed by atoms with van der Waals surface area (Å²) in [6, 6.07) is 9.60. The quantitative estimate of drug-likeness (QED) is 0.404. The second-order valence-electron chi connectivity index (χ2n) is 13.2. The Kier molecular flexibility index (Phi) is 7.84. The Morgan fingerprint density at radius 3 is 1.35 bits per heavy atom. The van der Waals surface area contributed by atoms with Crippen molar-refractivity contribution in [2.75, 3.05) is 6.66 Å². The van der Waals surface area contributed by atoms with Gasteiger partial charge in [-0.15, -0.1) is 0 Å². The van der Waals surface area contributed by atoms with Crippen molar-refractivity contribution >= 4 is 8.38 Å². The van der Waals surface area contributed by atoms with Crippen LogP contribution in [0, 0.1) is 11.8 Å². The molecule has 0 saturated heterocycles. The standard InChI is InChI=1S/C31H47O2P/c1-19(2)13-22-15-24-21(5)25-16-23(14-20(3)4)18-27(31(9,10)11)29(25)33-34(12)32-28(24)26(17-22)30(6,7)8/h15-21H,13-14H2,1-12H3. The molecule has 1 aliphatic heterocycles. The van der Waals surface area contributed by atoms with E-state index in [1.807, 2.05) is 0 Å². The lowest BCUT2D eigenvalue weighted by Crippen LogP contribution is -2.20. The van der Waals surface area contributed by atoms with Crippen LogP contribution in [-0.4, -0.2) is 6.66 Å². The number of hydrogen-bond donors (Lipinski definition) is 0. The molecule has 0 aliphatic carbocycles. The van der Waals surface area contributed by atoms with Crippen molar-refractivity contribution < 1.29 is 9.05 Å². The highest BCUT2D eigenvalue weighted by atomic mass is 31.2. The zero-order valence-corrected chi connectivity index (χ0v) is 24.6. The van der Waals surface area contributed by atoms with Crippen LogP contribution in [0.4, 0.5) is 0 Å². The summed E-state index contributed by atoms with van der Waals surface area (Å²) >= 11 is 0. The second-order valence-corrected chi connectivity index (χ2v) is 14.4. The van der Waals surface area contributed by atoms with Crippen LogP contribution in [0.5, 0.6) is 11.5 Å². The molecular formula is C31H47O2P. The van der Waals surface area contributed by atoms with Gasteiger partial charge in [-0.05, 0) is 46.6 Å². The average molecular weight is 483 g/mol. The molecule has 0 amide bonds. The summed E-state index contributed by atoms with van der Waals surface area (Å²) in [6.07, 6.45) is 2.15. The van der Waals surface area contributed by atoms with Crippen LogP contribution in [0.3, 0.4) is 0 Å². The van der Waals surface area contributed by atoms with Crippen molar-refractivity contribution in [3.05, 3.63) is 57.6 Å². The van der Waals surface area contributed by atoms with Crippen molar-refractivity contribution in [1.29, 1.82) is 0 Å². The van der Waals surface area contributed by atoms with Crippen LogP contribution in [0.2, 0.25) is 0 Å². The summed E-state index contributed by atoms with van der Waals surface area (Å²) in [5.74, 6) is 3.49. The zero-order valence-electron chi connectivity index (χ0n) is 23.7. The van der Waals surface area contributed by atoms with E-state index in [1.165, 1.54) is 33.4 Å². The minimum Gasteiger partial charge on any atom is -0.438 e. The molecule has 0 N–H and O–H groups in total. The summed E-state index contributed by atoms with van der Waals surface area (Å²) in [4.78, 5) is 0. The van der Waals surface area contributed by atoms with E-state index in [-0.39, 0.29) is 16.7 Å². The lowest BCUT2D eigenvalue weighted by atomic mass is 9.77. The fourth-order valence-electron chi connectivity index (χ4n) is 5.01. The molecule has 0 radical (unpaired) electrons. The van der Waals surface area contributed by atoms with Gasteiger partial charge in [0, 0.05) is 34.8 Å². The van der Waals surface area contributed by atoms with Gasteiger partial charge in [0.2, 0.25) is 0 Å². The highest BCUT2D eigenvalue weighted by Gasteiger charge is 2.33. The van der Waals surface area contributed by atoms with Gasteiger partial charge in [0.15, 0.2) is 0 Å². The van der Waals surface area contributed by atoms with E-state index in [1.54, 1.807) is 0 Å². The highest BCUT2D eigenvalue weighted by Crippen LogP contribution is 2.53. The Bertz CT molecular complexity index is 940. The molecule has 0 fully saturated rings. The first-order valence-corrected chi connectivity index (χ1v) is 14.6. The monoisotopic (exact) mass is 482 g/mol. The predicted molar refractivity (Wildman–Crippen MR) is 149 cm³/mol. The van der Waals surface area contributed by atoms with E-state index < -0.39 is 8.38 Å². The normalized spacial score (nSPS) is 18.6. The number of hydrogen-bond acceptors (Lipinski definition) is 2. The molecule has 0 bridgehead atoms. The molecule has 0 spiro atoms. The molecule has 3 rings (SSSR count). The maximum absolute atomic E-state index is 6.69. The Hall–Kier alpha value is -1.53. The van der Waals surface area contributed by atoms with Gasteiger partial charge in [-0.2, -0.15) is 0 Å². The van der Waals surface area contributed by atoms with Crippen molar-refractivity contribution in [2.24, 2.45) is 11.8 Å². The van der Waals surface area contributed by atoms with E-state index in [0.717, 1.165) is 24.3 Å². The summed E-state index contributed by atoms with van der Waals surface area (Å²) in [6.45, 7) is 27.4. The van der Waals surface area contributed by atoms with E-state index in [4.69, 9.17) is 9.05 Å². The number of fused-ring (bicyclic) bond motifs is 2. The molecular weight excluding hydrogens is 435 g/mol. The van der Waals surface area contributed by atoms with Gasteiger partial charge in [-0.25, -0.2) is 0 Å². The van der Waals surface area contributed by atoms with E-state index in [2.05, 4.69) is 107 Å². The molecule has 2 aromatic rings. The van der Waals surface area contributed by atoms with Crippen LogP contribution in [0.1, 0.15) is 115 Å². The minimum absolute atomic E-state index is 0.00887. The molecule has 0 atom stereocenters. The molecule has 0 aromatic heterocycles. The fraction of sp³-hybridized carbons (Fsp3) is 0.613. The zero-order chi connectivity index (χ0) is 25.6. The average Bonchev–Trinajstić information content (AvgIpc) is 2.65. The topological polar surface area (TPSA) is 18.5 Å². The van der Waals surface area contributed by atoms with Crippen molar-refractivity contribution in [1.82, 2.24) is 0 Å². The van der Waals surface area contributed by atoms with E-state index >= 15 is 0 Å². The van der Waals surface area contributed by atoms with Gasteiger partial charge < -0.3 is 9.05 Å². The molecule has 1 heterocycles. The molecule has 34 heavy (non-hydrogen) atoms. The highest BCUT2D eigenvalue weighted by molar-refractivity contribution is 7.47. The molecule has 188 valence electrons. The third kappa shape index (κ3) is 5.99. The first kappa shape index (κ1) is 27.1. The van der Waals surface area contributed by atoms with Gasteiger partial charge in [0.25, 0.3) is 8.38 Å². The summed E-state index contributed by atoms with van der Waals surface area (Å²) in [7, 11) is -1.11. The molecule has 2 aromatic carbocycles. The van der Waals surface area contributed by atoms with Crippen LogP contribution < -0.4 is 9.05 Å². The number of rotatable bonds is 4. The second kappa shape index (κ2) is 9.85. The smallest absolute Gasteiger partial charge is 0.287 e. The summed E-state index contributed by atoms with van der Waals surface area (Å²) in [5.41, 5.74) is 8.01. The lowest BCUT2D eigenvalue weighted by Gasteiger charge is -2.35. The number of benzene rings is 2. The largest absolute Gasteiger partial charge is 0.438 e. The van der Waals surface area contributed by atoms with Gasteiger partial charge in [-0.1, -0.05) is 100 Å². The van der Waals surface area contributed by atoms with Gasteiger partial charge in [0.1, 0.15) is 11.5 Å². The minimum atomic E-state index is -1.11.